The molecule has 0 bridgehead atoms. The minimum Gasteiger partial charge on any atom is -0.367 e. The molecule has 1 saturated carbocycles. The Morgan fingerprint density at radius 3 is 2.67 bits per heavy atom. The molecule has 98 valence electrons. The molecule has 18 heavy (non-hydrogen) atoms. The summed E-state index contributed by atoms with van der Waals surface area (Å²) in [6.07, 6.45) is 6.54. The minimum atomic E-state index is 0.635. The Morgan fingerprint density at radius 2 is 2.00 bits per heavy atom. The van der Waals surface area contributed by atoms with Gasteiger partial charge in [0.25, 0.3) is 0 Å². The van der Waals surface area contributed by atoms with Gasteiger partial charge in [-0.25, -0.2) is 9.97 Å². The van der Waals surface area contributed by atoms with Gasteiger partial charge in [0.15, 0.2) is 0 Å². The van der Waals surface area contributed by atoms with E-state index in [2.05, 4.69) is 26.3 Å². The third kappa shape index (κ3) is 2.72. The SMILES string of the molecule is NCC1CCN(c2cc(NC3CC3)ncn2)CC1. The molecule has 2 heterocycles. The molecule has 1 saturated heterocycles. The van der Waals surface area contributed by atoms with Crippen LogP contribution in [-0.4, -0.2) is 35.6 Å². The molecule has 1 aliphatic heterocycles. The number of nitrogens with one attached hydrogen (secondary N) is 1. The number of aromatic nitrogens is 2. The maximum absolute atomic E-state index is 5.72. The number of nitrogens with zero attached hydrogens (tertiary/aromatic N) is 3. The average molecular weight is 247 g/mol. The summed E-state index contributed by atoms with van der Waals surface area (Å²) in [4.78, 5) is 11.0. The van der Waals surface area contributed by atoms with E-state index in [1.807, 2.05) is 0 Å². The van der Waals surface area contributed by atoms with E-state index in [-0.39, 0.29) is 0 Å². The molecule has 2 fully saturated rings. The van der Waals surface area contributed by atoms with Crippen LogP contribution in [-0.2, 0) is 0 Å². The second-order valence-electron chi connectivity index (χ2n) is 5.35. The van der Waals surface area contributed by atoms with Crippen LogP contribution in [0.2, 0.25) is 0 Å². The Hall–Kier alpha value is -1.36. The fourth-order valence-electron chi connectivity index (χ4n) is 2.43. The Kier molecular flexibility index (Phi) is 3.32. The topological polar surface area (TPSA) is 67.1 Å². The van der Waals surface area contributed by atoms with Gasteiger partial charge in [-0.3, -0.25) is 0 Å². The van der Waals surface area contributed by atoms with Crippen LogP contribution in [0.3, 0.4) is 0 Å². The van der Waals surface area contributed by atoms with Crippen molar-refractivity contribution in [1.82, 2.24) is 9.97 Å². The van der Waals surface area contributed by atoms with Crippen LogP contribution in [0.5, 0.6) is 0 Å². The van der Waals surface area contributed by atoms with Crippen LogP contribution in [0.1, 0.15) is 25.7 Å². The van der Waals surface area contributed by atoms with Gasteiger partial charge in [0.05, 0.1) is 0 Å². The van der Waals surface area contributed by atoms with Gasteiger partial charge < -0.3 is 16.0 Å². The first-order chi connectivity index (χ1) is 8.85. The number of anilines is 2. The molecule has 2 aliphatic rings. The third-order valence-electron chi connectivity index (χ3n) is 3.85. The summed E-state index contributed by atoms with van der Waals surface area (Å²) in [5, 5.41) is 3.42. The molecule has 0 aromatic carbocycles. The number of hydrogen-bond donors (Lipinski definition) is 2. The molecule has 5 heteroatoms. The van der Waals surface area contributed by atoms with Crippen LogP contribution in [0.25, 0.3) is 0 Å². The smallest absolute Gasteiger partial charge is 0.134 e. The van der Waals surface area contributed by atoms with Gasteiger partial charge in [0.1, 0.15) is 18.0 Å². The van der Waals surface area contributed by atoms with Crippen LogP contribution < -0.4 is 16.0 Å². The zero-order valence-electron chi connectivity index (χ0n) is 10.7. The zero-order valence-corrected chi connectivity index (χ0v) is 10.7. The van der Waals surface area contributed by atoms with Crippen LogP contribution in [0.15, 0.2) is 12.4 Å². The maximum atomic E-state index is 5.72. The molecule has 3 rings (SSSR count). The highest BCUT2D eigenvalue weighted by Crippen LogP contribution is 2.26. The molecule has 1 aromatic rings. The largest absolute Gasteiger partial charge is 0.367 e. The molecule has 1 aliphatic carbocycles. The van der Waals surface area contributed by atoms with Gasteiger partial charge in [0, 0.05) is 25.2 Å². The molecule has 0 radical (unpaired) electrons. The number of piperidine rings is 1. The molecule has 0 amide bonds. The lowest BCUT2D eigenvalue weighted by atomic mass is 9.97. The summed E-state index contributed by atoms with van der Waals surface area (Å²) in [7, 11) is 0. The number of rotatable bonds is 4. The predicted molar refractivity (Wildman–Crippen MR) is 72.7 cm³/mol. The Bertz CT molecular complexity index is 396. The summed E-state index contributed by atoms with van der Waals surface area (Å²) in [6, 6.07) is 2.71. The molecule has 5 nitrogen and oxygen atoms in total. The normalized spacial score (nSPS) is 21.1. The summed E-state index contributed by atoms with van der Waals surface area (Å²) >= 11 is 0. The minimum absolute atomic E-state index is 0.635. The lowest BCUT2D eigenvalue weighted by Crippen LogP contribution is -2.36. The van der Waals surface area contributed by atoms with E-state index < -0.39 is 0 Å². The molecule has 0 unspecified atom stereocenters. The Labute approximate surface area is 108 Å². The monoisotopic (exact) mass is 247 g/mol. The standard InChI is InChI=1S/C13H21N5/c14-8-10-3-5-18(6-4-10)13-7-12(15-9-16-13)17-11-1-2-11/h7,9-11H,1-6,8,14H2,(H,15,16,17). The fraction of sp³-hybridized carbons (Fsp3) is 0.692. The highest BCUT2D eigenvalue weighted by Gasteiger charge is 2.22. The lowest BCUT2D eigenvalue weighted by Gasteiger charge is -2.32. The highest BCUT2D eigenvalue weighted by molar-refractivity contribution is 5.49. The van der Waals surface area contributed by atoms with Crippen molar-refractivity contribution in [2.45, 2.75) is 31.7 Å². The van der Waals surface area contributed by atoms with Crippen molar-refractivity contribution < 1.29 is 0 Å². The van der Waals surface area contributed by atoms with Gasteiger partial charge in [-0.2, -0.15) is 0 Å². The number of hydrogen-bond acceptors (Lipinski definition) is 5. The molecular formula is C13H21N5. The van der Waals surface area contributed by atoms with Gasteiger partial charge in [0.2, 0.25) is 0 Å². The van der Waals surface area contributed by atoms with Crippen LogP contribution in [0, 0.1) is 5.92 Å². The summed E-state index contributed by atoms with van der Waals surface area (Å²) in [5.74, 6) is 2.69. The summed E-state index contributed by atoms with van der Waals surface area (Å²) in [6.45, 7) is 2.93. The summed E-state index contributed by atoms with van der Waals surface area (Å²) < 4.78 is 0. The average Bonchev–Trinajstić information content (AvgIpc) is 3.23. The summed E-state index contributed by atoms with van der Waals surface area (Å²) in [5.41, 5.74) is 5.72. The third-order valence-corrected chi connectivity index (χ3v) is 3.85. The quantitative estimate of drug-likeness (QED) is 0.837. The van der Waals surface area contributed by atoms with Crippen molar-refractivity contribution in [3.8, 4) is 0 Å². The van der Waals surface area contributed by atoms with E-state index in [4.69, 9.17) is 5.73 Å². The fourth-order valence-corrected chi connectivity index (χ4v) is 2.43. The van der Waals surface area contributed by atoms with E-state index in [0.717, 1.165) is 31.3 Å². The molecule has 3 N–H and O–H groups in total. The van der Waals surface area contributed by atoms with Crippen LogP contribution in [0.4, 0.5) is 11.6 Å². The van der Waals surface area contributed by atoms with E-state index in [1.54, 1.807) is 6.33 Å². The Balaban J connectivity index is 1.64. The van der Waals surface area contributed by atoms with Crippen molar-refractivity contribution >= 4 is 11.6 Å². The lowest BCUT2D eigenvalue weighted by molar-refractivity contribution is 0.413. The molecule has 1 aromatic heterocycles. The van der Waals surface area contributed by atoms with Gasteiger partial charge in [-0.05, 0) is 38.1 Å². The first-order valence-electron chi connectivity index (χ1n) is 6.89. The van der Waals surface area contributed by atoms with Gasteiger partial charge in [-0.15, -0.1) is 0 Å². The van der Waals surface area contributed by atoms with Crippen molar-refractivity contribution in [1.29, 1.82) is 0 Å². The van der Waals surface area contributed by atoms with Crippen LogP contribution >= 0.6 is 0 Å². The first kappa shape index (κ1) is 11.7. The second-order valence-corrected chi connectivity index (χ2v) is 5.35. The van der Waals surface area contributed by atoms with Gasteiger partial charge >= 0.3 is 0 Å². The predicted octanol–water partition coefficient (Wildman–Crippen LogP) is 1.23. The van der Waals surface area contributed by atoms with E-state index >= 15 is 0 Å². The molecule has 0 spiro atoms. The van der Waals surface area contributed by atoms with E-state index in [0.29, 0.717) is 12.0 Å². The van der Waals surface area contributed by atoms with Crippen molar-refractivity contribution in [3.05, 3.63) is 12.4 Å². The van der Waals surface area contributed by atoms with Gasteiger partial charge in [-0.1, -0.05) is 0 Å². The van der Waals surface area contributed by atoms with Crippen molar-refractivity contribution in [2.75, 3.05) is 29.9 Å². The van der Waals surface area contributed by atoms with Crippen molar-refractivity contribution in [2.24, 2.45) is 11.7 Å². The van der Waals surface area contributed by atoms with E-state index in [1.165, 1.54) is 25.7 Å². The molecular weight excluding hydrogens is 226 g/mol. The second kappa shape index (κ2) is 5.10. The highest BCUT2D eigenvalue weighted by atomic mass is 15.2. The Morgan fingerprint density at radius 1 is 1.22 bits per heavy atom. The van der Waals surface area contributed by atoms with Crippen molar-refractivity contribution in [3.63, 3.8) is 0 Å². The first-order valence-corrected chi connectivity index (χ1v) is 6.89. The molecule has 0 atom stereocenters. The van der Waals surface area contributed by atoms with E-state index in [9.17, 15) is 0 Å². The number of nitrogens with two attached hydrogens (primary N) is 1. The zero-order chi connectivity index (χ0) is 12.4. The maximum Gasteiger partial charge on any atom is 0.134 e.